The molecule has 1 aromatic carbocycles. The highest BCUT2D eigenvalue weighted by Gasteiger charge is 2.15. The van der Waals surface area contributed by atoms with Crippen molar-refractivity contribution in [1.29, 1.82) is 0 Å². The number of carbonyl (C=O) groups excluding carboxylic acids is 1. The van der Waals surface area contributed by atoms with E-state index >= 15 is 0 Å². The summed E-state index contributed by atoms with van der Waals surface area (Å²) in [5.41, 5.74) is 0.746. The minimum atomic E-state index is -0.468. The average Bonchev–Trinajstić information content (AvgIpc) is 2.76. The van der Waals surface area contributed by atoms with Crippen LogP contribution in [0.2, 0.25) is 0 Å². The van der Waals surface area contributed by atoms with E-state index in [0.29, 0.717) is 17.7 Å². The highest BCUT2D eigenvalue weighted by molar-refractivity contribution is 5.74. The van der Waals surface area contributed by atoms with Crippen molar-refractivity contribution < 1.29 is 9.72 Å². The van der Waals surface area contributed by atoms with Crippen molar-refractivity contribution in [2.75, 3.05) is 0 Å². The van der Waals surface area contributed by atoms with Crippen LogP contribution >= 0.6 is 0 Å². The number of nitrogens with zero attached hydrogens (tertiary/aromatic N) is 2. The lowest BCUT2D eigenvalue weighted by Gasteiger charge is -2.05. The van der Waals surface area contributed by atoms with Crippen molar-refractivity contribution in [3.63, 3.8) is 0 Å². The Kier molecular flexibility index (Phi) is 2.51. The molecule has 0 fully saturated rings. The molecule has 0 unspecified atom stereocenters. The maximum Gasteiger partial charge on any atom is 0.293 e. The van der Waals surface area contributed by atoms with E-state index in [1.165, 1.54) is 10.6 Å². The molecular formula is C11H8N2O3. The molecule has 0 atom stereocenters. The van der Waals surface area contributed by atoms with Crippen LogP contribution in [0, 0.1) is 10.1 Å². The highest BCUT2D eigenvalue weighted by Crippen LogP contribution is 2.23. The first-order valence-corrected chi connectivity index (χ1v) is 4.60. The number of rotatable bonds is 3. The summed E-state index contributed by atoms with van der Waals surface area (Å²) in [7, 11) is 0. The van der Waals surface area contributed by atoms with E-state index in [4.69, 9.17) is 0 Å². The van der Waals surface area contributed by atoms with Crippen LogP contribution in [0.15, 0.2) is 42.6 Å². The van der Waals surface area contributed by atoms with E-state index in [1.807, 2.05) is 0 Å². The number of aldehydes is 1. The average molecular weight is 216 g/mol. The Labute approximate surface area is 91.1 Å². The van der Waals surface area contributed by atoms with Gasteiger partial charge in [-0.1, -0.05) is 12.1 Å². The first-order chi connectivity index (χ1) is 7.74. The third-order valence-electron chi connectivity index (χ3n) is 2.24. The fourth-order valence-corrected chi connectivity index (χ4v) is 1.53. The maximum atomic E-state index is 10.8. The number of aromatic nitrogens is 1. The number of carbonyl (C=O) groups is 1. The van der Waals surface area contributed by atoms with Gasteiger partial charge in [-0.3, -0.25) is 14.9 Å². The fraction of sp³-hybridized carbons (Fsp3) is 0. The molecule has 5 nitrogen and oxygen atoms in total. The molecule has 0 bridgehead atoms. The monoisotopic (exact) mass is 216 g/mol. The first kappa shape index (κ1) is 10.1. The Bertz CT molecular complexity index is 546. The second kappa shape index (κ2) is 3.98. The van der Waals surface area contributed by atoms with Crippen molar-refractivity contribution in [3.8, 4) is 5.69 Å². The number of nitro benzene ring substituents is 1. The molecule has 0 N–H and O–H groups in total. The van der Waals surface area contributed by atoms with Crippen LogP contribution in [0.4, 0.5) is 5.69 Å². The molecule has 0 aliphatic carbocycles. The molecule has 5 heteroatoms. The van der Waals surface area contributed by atoms with Gasteiger partial charge < -0.3 is 4.57 Å². The van der Waals surface area contributed by atoms with Gasteiger partial charge in [0.2, 0.25) is 0 Å². The number of para-hydroxylation sites is 2. The number of hydrogen-bond acceptors (Lipinski definition) is 3. The molecule has 2 aromatic rings. The Hall–Kier alpha value is -2.43. The third kappa shape index (κ3) is 1.58. The molecule has 0 saturated carbocycles. The predicted octanol–water partition coefficient (Wildman–Crippen LogP) is 2.20. The van der Waals surface area contributed by atoms with E-state index in [1.54, 1.807) is 36.5 Å². The number of nitro groups is 1. The van der Waals surface area contributed by atoms with Crippen LogP contribution in [0.3, 0.4) is 0 Å². The van der Waals surface area contributed by atoms with Crippen LogP contribution in [-0.4, -0.2) is 15.8 Å². The topological polar surface area (TPSA) is 65.1 Å². The lowest BCUT2D eigenvalue weighted by atomic mass is 10.2. The molecule has 80 valence electrons. The molecule has 0 aliphatic rings. The number of hydrogen-bond donors (Lipinski definition) is 0. The van der Waals surface area contributed by atoms with Gasteiger partial charge in [-0.05, 0) is 18.2 Å². The Balaban J connectivity index is 2.64. The predicted molar refractivity (Wildman–Crippen MR) is 57.8 cm³/mol. The second-order valence-corrected chi connectivity index (χ2v) is 3.17. The van der Waals surface area contributed by atoms with E-state index in [2.05, 4.69) is 0 Å². The van der Waals surface area contributed by atoms with Crippen molar-refractivity contribution in [3.05, 3.63) is 58.4 Å². The van der Waals surface area contributed by atoms with E-state index in [-0.39, 0.29) is 5.69 Å². The quantitative estimate of drug-likeness (QED) is 0.448. The van der Waals surface area contributed by atoms with Gasteiger partial charge in [0, 0.05) is 12.3 Å². The van der Waals surface area contributed by atoms with Gasteiger partial charge in [0.05, 0.1) is 10.6 Å². The molecular weight excluding hydrogens is 208 g/mol. The van der Waals surface area contributed by atoms with Gasteiger partial charge in [0.25, 0.3) is 5.69 Å². The molecule has 0 radical (unpaired) electrons. The Morgan fingerprint density at radius 2 is 1.94 bits per heavy atom. The van der Waals surface area contributed by atoms with Crippen molar-refractivity contribution in [2.24, 2.45) is 0 Å². The molecule has 2 rings (SSSR count). The summed E-state index contributed by atoms with van der Waals surface area (Å²) < 4.78 is 1.49. The summed E-state index contributed by atoms with van der Waals surface area (Å²) in [6, 6.07) is 9.56. The summed E-state index contributed by atoms with van der Waals surface area (Å²) in [4.78, 5) is 21.1. The standard InChI is InChI=1S/C11H8N2O3/c14-8-9-4-3-7-12(9)10-5-1-2-6-11(10)13(15)16/h1-8H. The van der Waals surface area contributed by atoms with Gasteiger partial charge in [0.15, 0.2) is 6.29 Å². The number of benzene rings is 1. The Morgan fingerprint density at radius 3 is 2.62 bits per heavy atom. The minimum Gasteiger partial charge on any atom is -0.308 e. The zero-order valence-corrected chi connectivity index (χ0v) is 8.24. The zero-order chi connectivity index (χ0) is 11.5. The molecule has 0 amide bonds. The SMILES string of the molecule is O=Cc1cccn1-c1ccccc1[N+](=O)[O-]. The van der Waals surface area contributed by atoms with Crippen LogP contribution in [0.1, 0.15) is 10.5 Å². The molecule has 0 saturated heterocycles. The fourth-order valence-electron chi connectivity index (χ4n) is 1.53. The maximum absolute atomic E-state index is 10.8. The van der Waals surface area contributed by atoms with Crippen LogP contribution in [-0.2, 0) is 0 Å². The minimum absolute atomic E-state index is 0.0261. The van der Waals surface area contributed by atoms with E-state index < -0.39 is 4.92 Å². The van der Waals surface area contributed by atoms with Crippen LogP contribution in [0.25, 0.3) is 5.69 Å². The Morgan fingerprint density at radius 1 is 1.19 bits per heavy atom. The first-order valence-electron chi connectivity index (χ1n) is 4.60. The summed E-state index contributed by atoms with van der Waals surface area (Å²) in [6.07, 6.45) is 2.28. The molecule has 0 spiro atoms. The lowest BCUT2D eigenvalue weighted by Crippen LogP contribution is -2.01. The van der Waals surface area contributed by atoms with Crippen molar-refractivity contribution in [1.82, 2.24) is 4.57 Å². The zero-order valence-electron chi connectivity index (χ0n) is 8.24. The summed E-state index contributed by atoms with van der Waals surface area (Å²) in [5, 5.41) is 10.8. The second-order valence-electron chi connectivity index (χ2n) is 3.17. The third-order valence-corrected chi connectivity index (χ3v) is 2.24. The molecule has 1 aromatic heterocycles. The van der Waals surface area contributed by atoms with Crippen molar-refractivity contribution in [2.45, 2.75) is 0 Å². The molecule has 1 heterocycles. The van der Waals surface area contributed by atoms with E-state index in [9.17, 15) is 14.9 Å². The van der Waals surface area contributed by atoms with Gasteiger partial charge in [-0.2, -0.15) is 0 Å². The van der Waals surface area contributed by atoms with Gasteiger partial charge in [-0.15, -0.1) is 0 Å². The normalized spacial score (nSPS) is 10.0. The van der Waals surface area contributed by atoms with Gasteiger partial charge >= 0.3 is 0 Å². The summed E-state index contributed by atoms with van der Waals surface area (Å²) in [5.74, 6) is 0. The molecule has 16 heavy (non-hydrogen) atoms. The van der Waals surface area contributed by atoms with Gasteiger partial charge in [0.1, 0.15) is 5.69 Å². The van der Waals surface area contributed by atoms with Crippen LogP contribution in [0.5, 0.6) is 0 Å². The smallest absolute Gasteiger partial charge is 0.293 e. The van der Waals surface area contributed by atoms with Crippen molar-refractivity contribution >= 4 is 12.0 Å². The summed E-state index contributed by atoms with van der Waals surface area (Å²) in [6.45, 7) is 0. The highest BCUT2D eigenvalue weighted by atomic mass is 16.6. The largest absolute Gasteiger partial charge is 0.308 e. The molecule has 0 aliphatic heterocycles. The summed E-state index contributed by atoms with van der Waals surface area (Å²) >= 11 is 0. The van der Waals surface area contributed by atoms with Gasteiger partial charge in [-0.25, -0.2) is 0 Å². The van der Waals surface area contributed by atoms with E-state index in [0.717, 1.165) is 0 Å². The lowest BCUT2D eigenvalue weighted by molar-refractivity contribution is -0.384. The van der Waals surface area contributed by atoms with Crippen LogP contribution < -0.4 is 0 Å².